The zero-order chi connectivity index (χ0) is 9.71. The lowest BCUT2D eigenvalue weighted by Crippen LogP contribution is -1.98. The van der Waals surface area contributed by atoms with Crippen LogP contribution in [0.5, 0.6) is 0 Å². The van der Waals surface area contributed by atoms with Crippen molar-refractivity contribution in [2.24, 2.45) is 0 Å². The van der Waals surface area contributed by atoms with Gasteiger partial charge in [0.25, 0.3) is 0 Å². The number of fused-ring (bicyclic) bond motifs is 4. The van der Waals surface area contributed by atoms with Crippen LogP contribution >= 0.6 is 31.9 Å². The Morgan fingerprint density at radius 3 is 2.50 bits per heavy atom. The van der Waals surface area contributed by atoms with Gasteiger partial charge < -0.3 is 0 Å². The molecule has 2 aromatic carbocycles. The highest BCUT2D eigenvalue weighted by Crippen LogP contribution is 2.51. The van der Waals surface area contributed by atoms with E-state index in [-0.39, 0.29) is 0 Å². The Kier molecular flexibility index (Phi) is 1.83. The molecule has 0 spiro atoms. The van der Waals surface area contributed by atoms with Crippen molar-refractivity contribution in [2.75, 3.05) is 0 Å². The van der Waals surface area contributed by atoms with Crippen LogP contribution in [-0.2, 0) is 0 Å². The molecule has 1 aliphatic carbocycles. The van der Waals surface area contributed by atoms with Crippen LogP contribution < -0.4 is 0 Å². The maximum Gasteiger partial charge on any atom is 0.0260 e. The van der Waals surface area contributed by atoms with E-state index in [1.54, 1.807) is 0 Å². The summed E-state index contributed by atoms with van der Waals surface area (Å²) < 4.78 is 2.32. The molecule has 0 nitrogen and oxygen atoms in total. The summed E-state index contributed by atoms with van der Waals surface area (Å²) in [6.07, 6.45) is 0. The van der Waals surface area contributed by atoms with Crippen LogP contribution in [0.4, 0.5) is 0 Å². The maximum atomic E-state index is 3.58. The van der Waals surface area contributed by atoms with E-state index in [1.165, 1.54) is 26.7 Å². The molecule has 0 bridgehead atoms. The van der Waals surface area contributed by atoms with Crippen LogP contribution in [-0.4, -0.2) is 0 Å². The van der Waals surface area contributed by atoms with Crippen molar-refractivity contribution in [3.63, 3.8) is 0 Å². The maximum absolute atomic E-state index is 3.58. The highest BCUT2D eigenvalue weighted by atomic mass is 79.9. The molecule has 3 rings (SSSR count). The van der Waals surface area contributed by atoms with Gasteiger partial charge in [0.05, 0.1) is 0 Å². The lowest BCUT2D eigenvalue weighted by atomic mass is 9.81. The van der Waals surface area contributed by atoms with Crippen molar-refractivity contribution in [1.29, 1.82) is 0 Å². The molecule has 0 saturated carbocycles. The summed E-state index contributed by atoms with van der Waals surface area (Å²) in [5, 5.41) is 0. The summed E-state index contributed by atoms with van der Waals surface area (Å²) >= 11 is 7.07. The third-order valence-electron chi connectivity index (χ3n) is 2.55. The Balaban J connectivity index is 2.31. The first-order valence-corrected chi connectivity index (χ1v) is 5.95. The first-order valence-electron chi connectivity index (χ1n) is 4.36. The summed E-state index contributed by atoms with van der Waals surface area (Å²) in [6.45, 7) is 0. The molecule has 0 aromatic heterocycles. The van der Waals surface area contributed by atoms with Crippen molar-refractivity contribution < 1.29 is 0 Å². The minimum atomic E-state index is 1.14. The van der Waals surface area contributed by atoms with Gasteiger partial charge in [0.1, 0.15) is 0 Å². The van der Waals surface area contributed by atoms with E-state index < -0.39 is 0 Å². The lowest BCUT2D eigenvalue weighted by molar-refractivity contribution is 1.48. The van der Waals surface area contributed by atoms with Crippen molar-refractivity contribution in [1.82, 2.24) is 0 Å². The zero-order valence-electron chi connectivity index (χ0n) is 7.22. The molecule has 0 fully saturated rings. The monoisotopic (exact) mass is 308 g/mol. The average Bonchev–Trinajstić information content (AvgIpc) is 2.14. The standard InChI is InChI=1S/C12H6Br2/c13-7-4-5-8-9-2-1-3-11(14)12(9)10(8)6-7/h1-6H. The average molecular weight is 310 g/mol. The van der Waals surface area contributed by atoms with Gasteiger partial charge in [0.2, 0.25) is 0 Å². The summed E-state index contributed by atoms with van der Waals surface area (Å²) in [5.74, 6) is 0. The quantitative estimate of drug-likeness (QED) is 0.556. The molecule has 0 saturated heterocycles. The van der Waals surface area contributed by atoms with Gasteiger partial charge >= 0.3 is 0 Å². The summed E-state index contributed by atoms with van der Waals surface area (Å²) in [7, 11) is 0. The van der Waals surface area contributed by atoms with E-state index in [2.05, 4.69) is 68.3 Å². The fraction of sp³-hybridized carbons (Fsp3) is 0. The zero-order valence-corrected chi connectivity index (χ0v) is 10.4. The van der Waals surface area contributed by atoms with Gasteiger partial charge in [0.15, 0.2) is 0 Å². The Morgan fingerprint density at radius 1 is 0.786 bits per heavy atom. The summed E-state index contributed by atoms with van der Waals surface area (Å²) in [5.41, 5.74) is 5.37. The number of benzene rings is 2. The van der Waals surface area contributed by atoms with Crippen LogP contribution in [0.2, 0.25) is 0 Å². The molecule has 14 heavy (non-hydrogen) atoms. The normalized spacial score (nSPS) is 11.6. The Hall–Kier alpha value is -0.600. The highest BCUT2D eigenvalue weighted by molar-refractivity contribution is 9.10. The fourth-order valence-corrected chi connectivity index (χ4v) is 2.86. The van der Waals surface area contributed by atoms with E-state index in [4.69, 9.17) is 0 Å². The van der Waals surface area contributed by atoms with Crippen molar-refractivity contribution >= 4 is 31.9 Å². The van der Waals surface area contributed by atoms with Gasteiger partial charge in [-0.15, -0.1) is 0 Å². The Labute approximate surface area is 99.2 Å². The predicted octanol–water partition coefficient (Wildman–Crippen LogP) is 4.86. The predicted molar refractivity (Wildman–Crippen MR) is 66.3 cm³/mol. The molecule has 2 heteroatoms. The third-order valence-corrected chi connectivity index (χ3v) is 3.71. The van der Waals surface area contributed by atoms with Gasteiger partial charge in [-0.2, -0.15) is 0 Å². The number of halogens is 2. The summed E-state index contributed by atoms with van der Waals surface area (Å²) in [6, 6.07) is 12.7. The molecule has 0 atom stereocenters. The van der Waals surface area contributed by atoms with Crippen LogP contribution in [0.15, 0.2) is 45.3 Å². The fourth-order valence-electron chi connectivity index (χ4n) is 1.92. The number of rotatable bonds is 0. The molecule has 0 amide bonds. The molecule has 0 unspecified atom stereocenters. The number of hydrogen-bond donors (Lipinski definition) is 0. The molecule has 0 aliphatic heterocycles. The van der Waals surface area contributed by atoms with E-state index in [0.29, 0.717) is 0 Å². The van der Waals surface area contributed by atoms with E-state index >= 15 is 0 Å². The Morgan fingerprint density at radius 2 is 1.64 bits per heavy atom. The van der Waals surface area contributed by atoms with Crippen LogP contribution in [0.1, 0.15) is 0 Å². The van der Waals surface area contributed by atoms with Crippen molar-refractivity contribution in [3.8, 4) is 22.3 Å². The molecule has 1 aliphatic rings. The second-order valence-electron chi connectivity index (χ2n) is 3.35. The van der Waals surface area contributed by atoms with Crippen LogP contribution in [0.3, 0.4) is 0 Å². The first kappa shape index (κ1) is 8.69. The van der Waals surface area contributed by atoms with Crippen LogP contribution in [0, 0.1) is 0 Å². The van der Waals surface area contributed by atoms with Gasteiger partial charge in [0, 0.05) is 14.5 Å². The second kappa shape index (κ2) is 2.94. The number of hydrogen-bond acceptors (Lipinski definition) is 0. The first-order chi connectivity index (χ1) is 6.77. The van der Waals surface area contributed by atoms with Gasteiger partial charge in [-0.25, -0.2) is 0 Å². The van der Waals surface area contributed by atoms with Crippen molar-refractivity contribution in [2.45, 2.75) is 0 Å². The van der Waals surface area contributed by atoms with Gasteiger partial charge in [-0.3, -0.25) is 0 Å². The minimum Gasteiger partial charge on any atom is -0.0605 e. The van der Waals surface area contributed by atoms with Gasteiger partial charge in [-0.1, -0.05) is 50.1 Å². The molecular weight excluding hydrogens is 304 g/mol. The topological polar surface area (TPSA) is 0 Å². The highest BCUT2D eigenvalue weighted by Gasteiger charge is 2.23. The smallest absolute Gasteiger partial charge is 0.0260 e. The van der Waals surface area contributed by atoms with Crippen molar-refractivity contribution in [3.05, 3.63) is 45.3 Å². The van der Waals surface area contributed by atoms with Crippen LogP contribution in [0.25, 0.3) is 22.3 Å². The Bertz CT molecular complexity index is 530. The minimum absolute atomic E-state index is 1.14. The molecule has 2 aromatic rings. The van der Waals surface area contributed by atoms with Gasteiger partial charge in [-0.05, 0) is 34.9 Å². The molecular formula is C12H6Br2. The SMILES string of the molecule is Brc1ccc2c(c1)-c1c(Br)cccc1-2. The second-order valence-corrected chi connectivity index (χ2v) is 5.12. The van der Waals surface area contributed by atoms with E-state index in [9.17, 15) is 0 Å². The largest absolute Gasteiger partial charge is 0.0605 e. The molecule has 68 valence electrons. The molecule has 0 N–H and O–H groups in total. The molecule has 0 radical (unpaired) electrons. The molecule has 0 heterocycles. The van der Waals surface area contributed by atoms with E-state index in [1.807, 2.05) is 0 Å². The summed E-state index contributed by atoms with van der Waals surface area (Å²) in [4.78, 5) is 0. The third kappa shape index (κ3) is 1.04. The lowest BCUT2D eigenvalue weighted by Gasteiger charge is -2.25. The van der Waals surface area contributed by atoms with E-state index in [0.717, 1.165) is 4.47 Å².